The SMILES string of the molecule is Cc1cc2ncn(C[C@@H](O)COc3cc(C)c(C)nn3)c2cc1C. The van der Waals surface area contributed by atoms with Gasteiger partial charge in [-0.1, -0.05) is 0 Å². The molecule has 0 fully saturated rings. The Balaban J connectivity index is 1.67. The second kappa shape index (κ2) is 6.57. The van der Waals surface area contributed by atoms with Gasteiger partial charge in [-0.25, -0.2) is 4.98 Å². The lowest BCUT2D eigenvalue weighted by Crippen LogP contribution is -2.23. The molecule has 6 nitrogen and oxygen atoms in total. The fraction of sp³-hybridized carbons (Fsp3) is 0.389. The van der Waals surface area contributed by atoms with Gasteiger partial charge >= 0.3 is 0 Å². The Bertz CT molecular complexity index is 873. The summed E-state index contributed by atoms with van der Waals surface area (Å²) in [6, 6.07) is 5.99. The number of aromatic nitrogens is 4. The Morgan fingerprint density at radius 2 is 1.79 bits per heavy atom. The van der Waals surface area contributed by atoms with E-state index in [9.17, 15) is 5.11 Å². The fourth-order valence-electron chi connectivity index (χ4n) is 2.51. The molecular formula is C18H22N4O2. The predicted molar refractivity (Wildman–Crippen MR) is 92.2 cm³/mol. The van der Waals surface area contributed by atoms with Gasteiger partial charge in [0.15, 0.2) is 0 Å². The number of hydrogen-bond donors (Lipinski definition) is 1. The third-order valence-electron chi connectivity index (χ3n) is 4.28. The van der Waals surface area contributed by atoms with Crippen LogP contribution in [0.3, 0.4) is 0 Å². The first-order valence-corrected chi connectivity index (χ1v) is 7.98. The topological polar surface area (TPSA) is 73.1 Å². The molecule has 2 heterocycles. The van der Waals surface area contributed by atoms with Gasteiger partial charge in [-0.15, -0.1) is 5.10 Å². The van der Waals surface area contributed by atoms with Crippen molar-refractivity contribution >= 4 is 11.0 Å². The number of ether oxygens (including phenoxy) is 1. The monoisotopic (exact) mass is 326 g/mol. The third-order valence-corrected chi connectivity index (χ3v) is 4.28. The van der Waals surface area contributed by atoms with Crippen molar-refractivity contribution in [2.45, 2.75) is 40.3 Å². The van der Waals surface area contributed by atoms with Crippen molar-refractivity contribution in [3.63, 3.8) is 0 Å². The number of aliphatic hydroxyl groups excluding tert-OH is 1. The Morgan fingerprint density at radius 1 is 1.04 bits per heavy atom. The van der Waals surface area contributed by atoms with Gasteiger partial charge in [0.2, 0.25) is 5.88 Å². The van der Waals surface area contributed by atoms with Gasteiger partial charge in [0.05, 0.1) is 29.6 Å². The highest BCUT2D eigenvalue weighted by molar-refractivity contribution is 5.77. The molecule has 0 saturated heterocycles. The largest absolute Gasteiger partial charge is 0.474 e. The average molecular weight is 326 g/mol. The molecule has 0 aliphatic heterocycles. The summed E-state index contributed by atoms with van der Waals surface area (Å²) in [5.41, 5.74) is 6.26. The smallest absolute Gasteiger partial charge is 0.233 e. The van der Waals surface area contributed by atoms with Crippen LogP contribution in [0.15, 0.2) is 24.5 Å². The minimum atomic E-state index is -0.660. The zero-order valence-corrected chi connectivity index (χ0v) is 14.4. The number of imidazole rings is 1. The lowest BCUT2D eigenvalue weighted by molar-refractivity contribution is 0.0905. The second-order valence-corrected chi connectivity index (χ2v) is 6.24. The summed E-state index contributed by atoms with van der Waals surface area (Å²) in [7, 11) is 0. The van der Waals surface area contributed by atoms with Crippen LogP contribution in [0.5, 0.6) is 5.88 Å². The zero-order valence-electron chi connectivity index (χ0n) is 14.4. The number of benzene rings is 1. The summed E-state index contributed by atoms with van der Waals surface area (Å²) in [4.78, 5) is 4.40. The van der Waals surface area contributed by atoms with E-state index in [-0.39, 0.29) is 6.61 Å². The molecule has 0 aliphatic carbocycles. The quantitative estimate of drug-likeness (QED) is 0.780. The number of fused-ring (bicyclic) bond motifs is 1. The lowest BCUT2D eigenvalue weighted by Gasteiger charge is -2.13. The molecule has 0 bridgehead atoms. The summed E-state index contributed by atoms with van der Waals surface area (Å²) < 4.78 is 7.50. The highest BCUT2D eigenvalue weighted by Gasteiger charge is 2.11. The number of aryl methyl sites for hydroxylation is 4. The van der Waals surface area contributed by atoms with Crippen LogP contribution in [-0.4, -0.2) is 37.6 Å². The molecule has 6 heteroatoms. The molecule has 2 aromatic heterocycles. The fourth-order valence-corrected chi connectivity index (χ4v) is 2.51. The summed E-state index contributed by atoms with van der Waals surface area (Å²) in [5, 5.41) is 18.3. The molecule has 0 saturated carbocycles. The number of rotatable bonds is 5. The molecular weight excluding hydrogens is 304 g/mol. The van der Waals surface area contributed by atoms with Crippen LogP contribution in [0.1, 0.15) is 22.4 Å². The van der Waals surface area contributed by atoms with Gasteiger partial charge in [0.1, 0.15) is 12.7 Å². The first-order valence-electron chi connectivity index (χ1n) is 7.98. The van der Waals surface area contributed by atoms with E-state index in [1.165, 1.54) is 11.1 Å². The zero-order chi connectivity index (χ0) is 17.3. The van der Waals surface area contributed by atoms with E-state index in [4.69, 9.17) is 4.74 Å². The van der Waals surface area contributed by atoms with E-state index < -0.39 is 6.10 Å². The Hall–Kier alpha value is -2.47. The van der Waals surface area contributed by atoms with Gasteiger partial charge in [-0.3, -0.25) is 0 Å². The van der Waals surface area contributed by atoms with Crippen molar-refractivity contribution in [1.29, 1.82) is 0 Å². The molecule has 126 valence electrons. The standard InChI is InChI=1S/C18H22N4O2/c1-11-5-16-17(6-12(11)2)22(10-19-16)8-15(23)9-24-18-7-13(3)14(4)20-21-18/h5-7,10,15,23H,8-9H2,1-4H3/t15-/m1/s1. The molecule has 0 radical (unpaired) electrons. The van der Waals surface area contributed by atoms with Crippen molar-refractivity contribution < 1.29 is 9.84 Å². The van der Waals surface area contributed by atoms with Crippen molar-refractivity contribution in [3.8, 4) is 5.88 Å². The molecule has 1 aromatic carbocycles. The maximum Gasteiger partial charge on any atom is 0.233 e. The summed E-state index contributed by atoms with van der Waals surface area (Å²) in [6.45, 7) is 8.56. The van der Waals surface area contributed by atoms with Crippen LogP contribution in [0.2, 0.25) is 0 Å². The molecule has 0 spiro atoms. The third kappa shape index (κ3) is 3.38. The molecule has 3 rings (SSSR count). The Morgan fingerprint density at radius 3 is 2.54 bits per heavy atom. The normalized spacial score (nSPS) is 12.5. The highest BCUT2D eigenvalue weighted by atomic mass is 16.5. The Labute approximate surface area is 141 Å². The first kappa shape index (κ1) is 16.4. The van der Waals surface area contributed by atoms with Crippen LogP contribution in [0.4, 0.5) is 0 Å². The van der Waals surface area contributed by atoms with Gasteiger partial charge < -0.3 is 14.4 Å². The summed E-state index contributed by atoms with van der Waals surface area (Å²) >= 11 is 0. The van der Waals surface area contributed by atoms with Crippen molar-refractivity contribution in [3.05, 3.63) is 46.9 Å². The molecule has 3 aromatic rings. The molecule has 1 N–H and O–H groups in total. The van der Waals surface area contributed by atoms with Gasteiger partial charge in [-0.05, 0) is 56.5 Å². The number of aliphatic hydroxyl groups is 1. The maximum atomic E-state index is 10.3. The molecule has 0 amide bonds. The predicted octanol–water partition coefficient (Wildman–Crippen LogP) is 2.50. The van der Waals surface area contributed by atoms with E-state index in [0.717, 1.165) is 22.3 Å². The van der Waals surface area contributed by atoms with E-state index in [2.05, 4.69) is 41.2 Å². The van der Waals surface area contributed by atoms with E-state index in [0.29, 0.717) is 12.4 Å². The maximum absolute atomic E-state index is 10.3. The van der Waals surface area contributed by atoms with Crippen LogP contribution >= 0.6 is 0 Å². The van der Waals surface area contributed by atoms with Crippen LogP contribution in [0.25, 0.3) is 11.0 Å². The van der Waals surface area contributed by atoms with Gasteiger partial charge in [0.25, 0.3) is 0 Å². The van der Waals surface area contributed by atoms with Crippen LogP contribution < -0.4 is 4.74 Å². The van der Waals surface area contributed by atoms with E-state index in [1.54, 1.807) is 6.33 Å². The second-order valence-electron chi connectivity index (χ2n) is 6.24. The van der Waals surface area contributed by atoms with Crippen LogP contribution in [0, 0.1) is 27.7 Å². The van der Waals surface area contributed by atoms with Crippen molar-refractivity contribution in [2.75, 3.05) is 6.61 Å². The number of nitrogens with zero attached hydrogens (tertiary/aromatic N) is 4. The average Bonchev–Trinajstić information content (AvgIpc) is 2.91. The van der Waals surface area contributed by atoms with Crippen LogP contribution in [-0.2, 0) is 6.54 Å². The summed E-state index contributed by atoms with van der Waals surface area (Å²) in [6.07, 6.45) is 1.09. The van der Waals surface area contributed by atoms with Gasteiger partial charge in [-0.2, -0.15) is 5.10 Å². The molecule has 24 heavy (non-hydrogen) atoms. The minimum absolute atomic E-state index is 0.154. The molecule has 0 unspecified atom stereocenters. The van der Waals surface area contributed by atoms with E-state index in [1.807, 2.05) is 24.5 Å². The summed E-state index contributed by atoms with van der Waals surface area (Å²) in [5.74, 6) is 0.430. The first-order chi connectivity index (χ1) is 11.4. The molecule has 1 atom stereocenters. The lowest BCUT2D eigenvalue weighted by atomic mass is 10.1. The van der Waals surface area contributed by atoms with Crippen molar-refractivity contribution in [1.82, 2.24) is 19.7 Å². The highest BCUT2D eigenvalue weighted by Crippen LogP contribution is 2.19. The van der Waals surface area contributed by atoms with Crippen molar-refractivity contribution in [2.24, 2.45) is 0 Å². The number of hydrogen-bond acceptors (Lipinski definition) is 5. The Kier molecular flexibility index (Phi) is 4.49. The molecule has 0 aliphatic rings. The van der Waals surface area contributed by atoms with Gasteiger partial charge in [0, 0.05) is 6.07 Å². The minimum Gasteiger partial charge on any atom is -0.474 e. The van der Waals surface area contributed by atoms with E-state index >= 15 is 0 Å².